The van der Waals surface area contributed by atoms with E-state index in [1.807, 2.05) is 0 Å². The van der Waals surface area contributed by atoms with Crippen LogP contribution in [-0.4, -0.2) is 133 Å². The van der Waals surface area contributed by atoms with Crippen molar-refractivity contribution in [1.82, 2.24) is 0 Å². The standard InChI is InChI=1S/C34H26O23/c35-11-1-7(2-12(36)19(11)40)31(50)57-34-26(47)29-22(43)16(54-34)6-53-32(51)8-3-13(37)20(41)23(44)17(8)18-9(33(52)56-29)4-15(39)28(24(18)45)55-27-10(30(48)49)5-14(38)21(42)25(27)46/h1-5,16,22,26,29,34-47H,6H2,(H,48,49)/t16-,22+,26-,29+,34+/m0/s1. The summed E-state index contributed by atoms with van der Waals surface area (Å²) in [7, 11) is 0. The molecule has 5 atom stereocenters. The number of rotatable bonds is 5. The maximum atomic E-state index is 14.0. The average Bonchev–Trinajstić information content (AvgIpc) is 3.15. The molecule has 2 heterocycles. The zero-order valence-electron chi connectivity index (χ0n) is 27.9. The lowest BCUT2D eigenvalue weighted by molar-refractivity contribution is -0.284. The van der Waals surface area contributed by atoms with Crippen LogP contribution in [0.25, 0.3) is 11.1 Å². The van der Waals surface area contributed by atoms with Gasteiger partial charge in [0, 0.05) is 17.2 Å². The molecule has 0 radical (unpaired) electrons. The molecule has 0 spiro atoms. The van der Waals surface area contributed by atoms with Crippen LogP contribution in [0.2, 0.25) is 0 Å². The Balaban J connectivity index is 1.51. The van der Waals surface area contributed by atoms with Crippen molar-refractivity contribution in [2.45, 2.75) is 30.7 Å². The molecule has 57 heavy (non-hydrogen) atoms. The molecule has 1 saturated heterocycles. The van der Waals surface area contributed by atoms with Crippen LogP contribution in [0.1, 0.15) is 41.4 Å². The fraction of sp³-hybridized carbons (Fsp3) is 0.176. The second kappa shape index (κ2) is 14.1. The Morgan fingerprint density at radius 3 is 1.79 bits per heavy atom. The molecular formula is C34H26O23. The van der Waals surface area contributed by atoms with Gasteiger partial charge in [0.05, 0.1) is 16.7 Å². The van der Waals surface area contributed by atoms with Crippen molar-refractivity contribution < 1.29 is 114 Å². The molecule has 4 aromatic rings. The summed E-state index contributed by atoms with van der Waals surface area (Å²) in [6.07, 6.45) is -10.8. The Kier molecular flexibility index (Phi) is 9.67. The van der Waals surface area contributed by atoms with Crippen LogP contribution in [0.15, 0.2) is 30.3 Å². The molecule has 4 aromatic carbocycles. The monoisotopic (exact) mass is 802 g/mol. The topological polar surface area (TPSA) is 398 Å². The van der Waals surface area contributed by atoms with E-state index in [9.17, 15) is 90.7 Å². The van der Waals surface area contributed by atoms with Crippen molar-refractivity contribution in [2.24, 2.45) is 0 Å². The van der Waals surface area contributed by atoms with Crippen molar-refractivity contribution in [1.29, 1.82) is 0 Å². The van der Waals surface area contributed by atoms with E-state index in [4.69, 9.17) is 23.7 Å². The molecule has 0 amide bonds. The van der Waals surface area contributed by atoms with Gasteiger partial charge in [0.2, 0.25) is 29.3 Å². The molecule has 2 bridgehead atoms. The highest BCUT2D eigenvalue weighted by Crippen LogP contribution is 2.56. The van der Waals surface area contributed by atoms with Crippen LogP contribution in [-0.2, 0) is 18.9 Å². The van der Waals surface area contributed by atoms with E-state index in [0.29, 0.717) is 30.3 Å². The molecule has 23 heteroatoms. The number of carboxylic acids is 1. The van der Waals surface area contributed by atoms with Crippen LogP contribution >= 0.6 is 0 Å². The van der Waals surface area contributed by atoms with E-state index >= 15 is 0 Å². The number of benzene rings is 4. The minimum Gasteiger partial charge on any atom is -0.504 e. The maximum Gasteiger partial charge on any atom is 0.340 e. The number of carboxylic acid groups (broad SMARTS) is 1. The Morgan fingerprint density at radius 2 is 1.16 bits per heavy atom. The lowest BCUT2D eigenvalue weighted by Crippen LogP contribution is -2.61. The third-order valence-corrected chi connectivity index (χ3v) is 8.61. The van der Waals surface area contributed by atoms with Crippen LogP contribution in [0.3, 0.4) is 0 Å². The predicted molar refractivity (Wildman–Crippen MR) is 176 cm³/mol. The normalized spacial score (nSPS) is 20.4. The van der Waals surface area contributed by atoms with Crippen molar-refractivity contribution in [2.75, 3.05) is 6.61 Å². The molecule has 2 aliphatic heterocycles. The first-order valence-corrected chi connectivity index (χ1v) is 15.6. The van der Waals surface area contributed by atoms with Gasteiger partial charge < -0.3 is 95.2 Å². The van der Waals surface area contributed by atoms with Crippen LogP contribution in [0, 0.1) is 0 Å². The number of aromatic hydroxyl groups is 11. The lowest BCUT2D eigenvalue weighted by atomic mass is 9.91. The fourth-order valence-corrected chi connectivity index (χ4v) is 5.80. The van der Waals surface area contributed by atoms with Gasteiger partial charge in [0.25, 0.3) is 0 Å². The molecule has 0 saturated carbocycles. The minimum absolute atomic E-state index is 0.381. The molecule has 2 aliphatic rings. The Hall–Kier alpha value is -7.76. The van der Waals surface area contributed by atoms with Gasteiger partial charge in [0.1, 0.15) is 24.4 Å². The maximum absolute atomic E-state index is 14.0. The number of carbonyl (C=O) groups excluding carboxylic acids is 3. The number of aliphatic hydroxyl groups excluding tert-OH is 2. The van der Waals surface area contributed by atoms with Crippen molar-refractivity contribution in [3.05, 3.63) is 52.6 Å². The number of hydrogen-bond acceptors (Lipinski definition) is 22. The van der Waals surface area contributed by atoms with Crippen molar-refractivity contribution in [3.63, 3.8) is 0 Å². The van der Waals surface area contributed by atoms with E-state index < -0.39 is 169 Å². The van der Waals surface area contributed by atoms with Crippen LogP contribution in [0.5, 0.6) is 74.7 Å². The van der Waals surface area contributed by atoms with Gasteiger partial charge >= 0.3 is 23.9 Å². The summed E-state index contributed by atoms with van der Waals surface area (Å²) in [4.78, 5) is 52.4. The van der Waals surface area contributed by atoms with E-state index in [-0.39, 0.29) is 0 Å². The van der Waals surface area contributed by atoms with Gasteiger partial charge in [0.15, 0.2) is 64.0 Å². The molecule has 300 valence electrons. The first-order chi connectivity index (χ1) is 26.7. The van der Waals surface area contributed by atoms with Crippen LogP contribution < -0.4 is 4.74 Å². The molecule has 0 aromatic heterocycles. The molecule has 14 N–H and O–H groups in total. The van der Waals surface area contributed by atoms with Gasteiger partial charge in [-0.25, -0.2) is 19.2 Å². The first-order valence-electron chi connectivity index (χ1n) is 15.6. The number of cyclic esters (lactones) is 1. The van der Waals surface area contributed by atoms with Gasteiger partial charge in [-0.15, -0.1) is 0 Å². The lowest BCUT2D eigenvalue weighted by Gasteiger charge is -2.41. The number of hydrogen-bond donors (Lipinski definition) is 14. The highest BCUT2D eigenvalue weighted by Gasteiger charge is 2.50. The SMILES string of the molecule is O=C(O[C@H]1O[C@H]2COC(=O)c3cc(O)c(O)c(O)c3-c3c(cc(O)c(Oc4c(C(=O)O)cc(O)c(O)c4O)c3O)C(=O)O[C@@H]([C@@H]1O)[C@@H]2O)c1cc(O)c(O)c(O)c1. The number of carbonyl (C=O) groups is 4. The number of esters is 3. The summed E-state index contributed by atoms with van der Waals surface area (Å²) in [5.41, 5.74) is -6.03. The third-order valence-electron chi connectivity index (χ3n) is 8.61. The number of ether oxygens (including phenoxy) is 5. The zero-order valence-corrected chi connectivity index (χ0v) is 27.9. The summed E-state index contributed by atoms with van der Waals surface area (Å²) >= 11 is 0. The van der Waals surface area contributed by atoms with E-state index in [1.54, 1.807) is 0 Å². The number of fused-ring (bicyclic) bond motifs is 5. The molecule has 1 fully saturated rings. The van der Waals surface area contributed by atoms with Crippen molar-refractivity contribution in [3.8, 4) is 85.9 Å². The second-order valence-corrected chi connectivity index (χ2v) is 12.1. The number of aliphatic hydroxyl groups is 2. The summed E-state index contributed by atoms with van der Waals surface area (Å²) < 4.78 is 26.3. The summed E-state index contributed by atoms with van der Waals surface area (Å²) in [5.74, 6) is -23.0. The number of phenolic OH excluding ortho intramolecular Hbond substituents is 11. The Labute approximate surface area is 314 Å². The highest BCUT2D eigenvalue weighted by atomic mass is 16.7. The highest BCUT2D eigenvalue weighted by molar-refractivity contribution is 6.08. The molecule has 0 aliphatic carbocycles. The average molecular weight is 803 g/mol. The largest absolute Gasteiger partial charge is 0.504 e. The second-order valence-electron chi connectivity index (χ2n) is 12.1. The van der Waals surface area contributed by atoms with E-state index in [2.05, 4.69) is 0 Å². The van der Waals surface area contributed by atoms with Gasteiger partial charge in [-0.3, -0.25) is 0 Å². The molecular weight excluding hydrogens is 776 g/mol. The van der Waals surface area contributed by atoms with Gasteiger partial charge in [-0.1, -0.05) is 0 Å². The first kappa shape index (κ1) is 38.9. The number of phenols is 11. The predicted octanol–water partition coefficient (Wildman–Crippen LogP) is 0.605. The van der Waals surface area contributed by atoms with Gasteiger partial charge in [-0.05, 0) is 24.3 Å². The van der Waals surface area contributed by atoms with Crippen molar-refractivity contribution >= 4 is 23.9 Å². The third kappa shape index (κ3) is 6.58. The summed E-state index contributed by atoms with van der Waals surface area (Å²) in [6.45, 7) is -1.07. The summed E-state index contributed by atoms with van der Waals surface area (Å²) in [5, 5.41) is 146. The van der Waals surface area contributed by atoms with Crippen LogP contribution in [0.4, 0.5) is 0 Å². The van der Waals surface area contributed by atoms with Gasteiger partial charge in [-0.2, -0.15) is 0 Å². The Morgan fingerprint density at radius 1 is 0.614 bits per heavy atom. The fourth-order valence-electron chi connectivity index (χ4n) is 5.80. The Bertz CT molecular complexity index is 2360. The quantitative estimate of drug-likeness (QED) is 0.0746. The van der Waals surface area contributed by atoms with E-state index in [0.717, 1.165) is 0 Å². The zero-order chi connectivity index (χ0) is 41.9. The molecule has 6 rings (SSSR count). The van der Waals surface area contributed by atoms with E-state index in [1.165, 1.54) is 0 Å². The molecule has 23 nitrogen and oxygen atoms in total. The smallest absolute Gasteiger partial charge is 0.340 e. The minimum atomic E-state index is -2.35. The number of aromatic carboxylic acids is 1. The molecule has 0 unspecified atom stereocenters. The summed E-state index contributed by atoms with van der Waals surface area (Å²) in [6, 6.07) is 2.53.